The summed E-state index contributed by atoms with van der Waals surface area (Å²) < 4.78 is 41.7. The van der Waals surface area contributed by atoms with E-state index in [4.69, 9.17) is 19.7 Å². The zero-order valence-electron chi connectivity index (χ0n) is 30.7. The molecule has 0 atom stereocenters. The van der Waals surface area contributed by atoms with Gasteiger partial charge in [-0.15, -0.1) is 0 Å². The second-order valence-electron chi connectivity index (χ2n) is 14.1. The summed E-state index contributed by atoms with van der Waals surface area (Å²) in [5.41, 5.74) is 5.62. The van der Waals surface area contributed by atoms with E-state index in [1.165, 1.54) is 30.0 Å². The smallest absolute Gasteiger partial charge is 0.335 e. The van der Waals surface area contributed by atoms with Crippen LogP contribution in [0.3, 0.4) is 0 Å². The standard InChI is InChI=1S/C44H54F2O6/c1-5-7-8-9-34-16-17-37(22-33(34)6-2)39-21-19-38(24-42(39)46)40-20-18-36(23-41(40)45)35-14-12-31(13-15-35)10-11-32(27-51-43(49)29(3)25-47)28-52-44(50)30(4)26-48/h16-24,31-32,35,47-48H,3-15,25-28H2,1-2H3. The largest absolute Gasteiger partial charge is 0.462 e. The van der Waals surface area contributed by atoms with E-state index in [9.17, 15) is 9.59 Å². The van der Waals surface area contributed by atoms with Crippen molar-refractivity contribution in [3.05, 3.63) is 107 Å². The van der Waals surface area contributed by atoms with Gasteiger partial charge in [0.15, 0.2) is 0 Å². The Morgan fingerprint density at radius 2 is 1.35 bits per heavy atom. The normalized spacial score (nSPS) is 15.8. The Kier molecular flexibility index (Phi) is 15.8. The quantitative estimate of drug-likeness (QED) is 0.0730. The fourth-order valence-corrected chi connectivity index (χ4v) is 7.06. The van der Waals surface area contributed by atoms with Gasteiger partial charge in [0.2, 0.25) is 0 Å². The van der Waals surface area contributed by atoms with Crippen molar-refractivity contribution in [2.45, 2.75) is 90.4 Å². The number of hydrogen-bond donors (Lipinski definition) is 2. The number of hydrogen-bond acceptors (Lipinski definition) is 6. The van der Waals surface area contributed by atoms with Gasteiger partial charge in [-0.3, -0.25) is 0 Å². The number of rotatable bonds is 19. The Hall–Kier alpha value is -4.14. The molecule has 6 nitrogen and oxygen atoms in total. The third kappa shape index (κ3) is 11.2. The monoisotopic (exact) mass is 716 g/mol. The highest BCUT2D eigenvalue weighted by molar-refractivity contribution is 5.88. The maximum Gasteiger partial charge on any atom is 0.335 e. The highest BCUT2D eigenvalue weighted by atomic mass is 19.1. The number of aliphatic hydroxyl groups is 2. The molecule has 1 aliphatic rings. The van der Waals surface area contributed by atoms with E-state index in [1.54, 1.807) is 24.3 Å². The summed E-state index contributed by atoms with van der Waals surface area (Å²) in [5, 5.41) is 18.3. The topological polar surface area (TPSA) is 93.1 Å². The van der Waals surface area contributed by atoms with Crippen molar-refractivity contribution in [3.8, 4) is 22.3 Å². The Bertz CT molecular complexity index is 1660. The van der Waals surface area contributed by atoms with Crippen molar-refractivity contribution in [1.29, 1.82) is 0 Å². The van der Waals surface area contributed by atoms with E-state index < -0.39 is 25.2 Å². The minimum Gasteiger partial charge on any atom is -0.462 e. The zero-order chi connectivity index (χ0) is 37.6. The third-order valence-corrected chi connectivity index (χ3v) is 10.4. The third-order valence-electron chi connectivity index (χ3n) is 10.4. The average Bonchev–Trinajstić information content (AvgIpc) is 3.16. The molecule has 280 valence electrons. The Morgan fingerprint density at radius 1 is 0.769 bits per heavy atom. The lowest BCUT2D eigenvalue weighted by molar-refractivity contribution is -0.144. The molecule has 0 aliphatic heterocycles. The molecule has 0 amide bonds. The minimum absolute atomic E-state index is 0.00356. The van der Waals surface area contributed by atoms with Crippen LogP contribution in [0.5, 0.6) is 0 Å². The lowest BCUT2D eigenvalue weighted by Gasteiger charge is -2.30. The zero-order valence-corrected chi connectivity index (χ0v) is 30.7. The Labute approximate surface area is 307 Å². The molecule has 4 rings (SSSR count). The first-order valence-electron chi connectivity index (χ1n) is 18.7. The van der Waals surface area contributed by atoms with Crippen LogP contribution in [0.1, 0.15) is 94.2 Å². The van der Waals surface area contributed by atoms with E-state index >= 15 is 8.78 Å². The molecule has 0 radical (unpaired) electrons. The summed E-state index contributed by atoms with van der Waals surface area (Å²) >= 11 is 0. The van der Waals surface area contributed by atoms with Crippen molar-refractivity contribution in [3.63, 3.8) is 0 Å². The van der Waals surface area contributed by atoms with Gasteiger partial charge in [0.1, 0.15) is 11.6 Å². The second-order valence-corrected chi connectivity index (χ2v) is 14.1. The van der Waals surface area contributed by atoms with E-state index in [1.807, 2.05) is 12.1 Å². The minimum atomic E-state index is -0.705. The van der Waals surface area contributed by atoms with E-state index in [2.05, 4.69) is 39.1 Å². The maximum absolute atomic E-state index is 15.6. The van der Waals surface area contributed by atoms with Gasteiger partial charge in [0.05, 0.1) is 37.6 Å². The van der Waals surface area contributed by atoms with Crippen LogP contribution in [0.4, 0.5) is 8.78 Å². The number of ether oxygens (including phenoxy) is 2. The second kappa shape index (κ2) is 20.2. The average molecular weight is 717 g/mol. The first-order valence-corrected chi connectivity index (χ1v) is 18.7. The molecule has 0 saturated heterocycles. The first kappa shape index (κ1) is 40.6. The van der Waals surface area contributed by atoms with Crippen LogP contribution >= 0.6 is 0 Å². The van der Waals surface area contributed by atoms with Gasteiger partial charge in [0, 0.05) is 17.0 Å². The van der Waals surface area contributed by atoms with Crippen molar-refractivity contribution in [2.24, 2.45) is 11.8 Å². The molecule has 0 spiro atoms. The van der Waals surface area contributed by atoms with Gasteiger partial charge >= 0.3 is 11.9 Å². The summed E-state index contributed by atoms with van der Waals surface area (Å²) in [6, 6.07) is 16.5. The van der Waals surface area contributed by atoms with Crippen molar-refractivity contribution >= 4 is 11.9 Å². The highest BCUT2D eigenvalue weighted by Gasteiger charge is 2.25. The van der Waals surface area contributed by atoms with E-state index in [0.29, 0.717) is 29.0 Å². The van der Waals surface area contributed by atoms with Crippen LogP contribution in [0, 0.1) is 23.5 Å². The molecule has 3 aromatic rings. The summed E-state index contributed by atoms with van der Waals surface area (Å²) in [5.74, 6) is -1.81. The molecular formula is C44H54F2O6. The van der Waals surface area contributed by atoms with Gasteiger partial charge in [-0.25, -0.2) is 18.4 Å². The fourth-order valence-electron chi connectivity index (χ4n) is 7.06. The Morgan fingerprint density at radius 3 is 1.90 bits per heavy atom. The lowest BCUT2D eigenvalue weighted by atomic mass is 9.76. The molecule has 52 heavy (non-hydrogen) atoms. The molecule has 1 fully saturated rings. The summed E-state index contributed by atoms with van der Waals surface area (Å²) in [7, 11) is 0. The van der Waals surface area contributed by atoms with Crippen LogP contribution in [-0.4, -0.2) is 48.6 Å². The fraction of sp³-hybridized carbons (Fsp3) is 0.455. The highest BCUT2D eigenvalue weighted by Crippen LogP contribution is 2.39. The number of carbonyl (C=O) groups excluding carboxylic acids is 2. The van der Waals surface area contributed by atoms with E-state index in [0.717, 1.165) is 62.5 Å². The van der Waals surface area contributed by atoms with Crippen LogP contribution in [0.2, 0.25) is 0 Å². The molecule has 0 heterocycles. The first-order chi connectivity index (χ1) is 25.1. The predicted molar refractivity (Wildman–Crippen MR) is 202 cm³/mol. The van der Waals surface area contributed by atoms with Gasteiger partial charge in [-0.05, 0) is 110 Å². The molecular weight excluding hydrogens is 662 g/mol. The van der Waals surface area contributed by atoms with Crippen molar-refractivity contribution < 1.29 is 38.1 Å². The number of halogens is 2. The van der Waals surface area contributed by atoms with Crippen molar-refractivity contribution in [2.75, 3.05) is 26.4 Å². The number of unbranched alkanes of at least 4 members (excludes halogenated alkanes) is 2. The molecule has 1 aliphatic carbocycles. The predicted octanol–water partition coefficient (Wildman–Crippen LogP) is 9.45. The SMILES string of the molecule is C=C(CO)C(=O)OCC(CCC1CCC(c2ccc(-c3ccc(-c4ccc(CCCCC)c(CC)c4)c(F)c3)c(F)c2)CC1)COC(=O)C(=C)CO. The van der Waals surface area contributed by atoms with Gasteiger partial charge in [0.25, 0.3) is 0 Å². The van der Waals surface area contributed by atoms with Crippen LogP contribution in [0.15, 0.2) is 78.9 Å². The van der Waals surface area contributed by atoms with Crippen LogP contribution in [0.25, 0.3) is 22.3 Å². The lowest BCUT2D eigenvalue weighted by Crippen LogP contribution is -2.24. The number of aryl methyl sites for hydroxylation is 2. The van der Waals surface area contributed by atoms with Gasteiger partial charge in [-0.1, -0.05) is 82.3 Å². The molecule has 0 bridgehead atoms. The number of aliphatic hydroxyl groups excluding tert-OH is 2. The summed E-state index contributed by atoms with van der Waals surface area (Å²) in [6.45, 7) is 10.3. The molecule has 3 aromatic carbocycles. The number of esters is 2. The molecule has 0 unspecified atom stereocenters. The van der Waals surface area contributed by atoms with Gasteiger partial charge in [-0.2, -0.15) is 0 Å². The Balaban J connectivity index is 1.34. The molecule has 0 aromatic heterocycles. The summed E-state index contributed by atoms with van der Waals surface area (Å²) in [6.07, 6.45) is 10.6. The molecule has 2 N–H and O–H groups in total. The molecule has 1 saturated carbocycles. The molecule has 8 heteroatoms. The van der Waals surface area contributed by atoms with Gasteiger partial charge < -0.3 is 19.7 Å². The van der Waals surface area contributed by atoms with Crippen LogP contribution in [-0.2, 0) is 31.9 Å². The van der Waals surface area contributed by atoms with Crippen molar-refractivity contribution in [1.82, 2.24) is 0 Å². The van der Waals surface area contributed by atoms with Crippen LogP contribution < -0.4 is 0 Å². The number of carbonyl (C=O) groups is 2. The summed E-state index contributed by atoms with van der Waals surface area (Å²) in [4.78, 5) is 24.1. The maximum atomic E-state index is 15.6. The van der Waals surface area contributed by atoms with E-state index in [-0.39, 0.29) is 47.8 Å². The number of benzene rings is 3.